The predicted molar refractivity (Wildman–Crippen MR) is 281 cm³/mol. The van der Waals surface area contributed by atoms with E-state index in [1.807, 2.05) is 11.8 Å². The quantitative estimate of drug-likeness (QED) is 0.0454. The Morgan fingerprint density at radius 3 is 1.40 bits per heavy atom. The molecule has 0 radical (unpaired) electrons. The average molecular weight is 957 g/mol. The highest BCUT2D eigenvalue weighted by Crippen LogP contribution is 2.20. The molecule has 0 aliphatic heterocycles. The Morgan fingerprint density at radius 2 is 0.938 bits per heavy atom. The molecule has 8 nitrogen and oxygen atoms in total. The number of thioether (sulfide) groups is 2. The maximum Gasteiger partial charge on any atom is 0.327 e. The van der Waals surface area contributed by atoms with Gasteiger partial charge in [0.25, 0.3) is 0 Å². The second-order valence-electron chi connectivity index (χ2n) is 19.7. The number of hydrogen-bond acceptors (Lipinski definition) is 8. The third-order valence-corrected chi connectivity index (χ3v) is 14.7. The maximum absolute atomic E-state index is 12.9. The summed E-state index contributed by atoms with van der Waals surface area (Å²) in [4.78, 5) is 50.4. The number of carbonyl (C=O) groups excluding carboxylic acids is 3. The van der Waals surface area contributed by atoms with E-state index in [1.54, 1.807) is 0 Å². The van der Waals surface area contributed by atoms with E-state index in [9.17, 15) is 24.3 Å². The van der Waals surface area contributed by atoms with E-state index in [1.165, 1.54) is 184 Å². The SMILES string of the molecule is CCCCCCCCCCCCCCCC(=O)NC(CSCC(COC(=O)CCCCCCCCCCCSCC)OC(=O)CCCCCCCCCCCCC(C)CC(C)C)C(=O)O. The van der Waals surface area contributed by atoms with Crippen molar-refractivity contribution in [2.24, 2.45) is 11.8 Å². The molecular formula is C55H105NO7S2. The third-order valence-electron chi connectivity index (χ3n) is 12.5. The number of aliphatic carboxylic acids is 1. The van der Waals surface area contributed by atoms with Gasteiger partial charge in [-0.1, -0.05) is 221 Å². The van der Waals surface area contributed by atoms with Crippen molar-refractivity contribution in [2.45, 2.75) is 284 Å². The monoisotopic (exact) mass is 956 g/mol. The minimum Gasteiger partial charge on any atom is -0.480 e. The largest absolute Gasteiger partial charge is 0.480 e. The van der Waals surface area contributed by atoms with Gasteiger partial charge in [0.1, 0.15) is 18.8 Å². The molecule has 1 amide bonds. The number of ether oxygens (including phenoxy) is 2. The fourth-order valence-corrected chi connectivity index (χ4v) is 10.4. The zero-order valence-corrected chi connectivity index (χ0v) is 44.9. The molecule has 0 aliphatic carbocycles. The van der Waals surface area contributed by atoms with Gasteiger partial charge in [-0.2, -0.15) is 23.5 Å². The summed E-state index contributed by atoms with van der Waals surface area (Å²) in [6.07, 6.45) is 41.4. The summed E-state index contributed by atoms with van der Waals surface area (Å²) < 4.78 is 11.4. The van der Waals surface area contributed by atoms with Crippen LogP contribution >= 0.6 is 23.5 Å². The molecule has 0 saturated carbocycles. The summed E-state index contributed by atoms with van der Waals surface area (Å²) in [6, 6.07) is -1.04. The highest BCUT2D eigenvalue weighted by atomic mass is 32.2. The molecule has 0 aromatic rings. The van der Waals surface area contributed by atoms with Crippen LogP contribution in [0.4, 0.5) is 0 Å². The Balaban J connectivity index is 4.61. The molecule has 0 rings (SSSR count). The zero-order chi connectivity index (χ0) is 47.9. The Bertz CT molecular complexity index is 1090. The molecule has 0 saturated heterocycles. The van der Waals surface area contributed by atoms with Crippen molar-refractivity contribution in [3.8, 4) is 0 Å². The fourth-order valence-electron chi connectivity index (χ4n) is 8.64. The van der Waals surface area contributed by atoms with E-state index in [0.717, 1.165) is 69.6 Å². The smallest absolute Gasteiger partial charge is 0.327 e. The number of amides is 1. The molecule has 0 aromatic carbocycles. The number of esters is 2. The molecule has 0 heterocycles. The van der Waals surface area contributed by atoms with E-state index in [-0.39, 0.29) is 36.0 Å². The lowest BCUT2D eigenvalue weighted by molar-refractivity contribution is -0.157. The summed E-state index contributed by atoms with van der Waals surface area (Å²) in [7, 11) is 0. The number of hydrogen-bond donors (Lipinski definition) is 2. The van der Waals surface area contributed by atoms with Crippen LogP contribution in [-0.4, -0.2) is 70.7 Å². The Hall–Kier alpha value is -1.42. The minimum absolute atomic E-state index is 0.0472. The molecule has 65 heavy (non-hydrogen) atoms. The van der Waals surface area contributed by atoms with Crippen molar-refractivity contribution in [2.75, 3.05) is 29.6 Å². The van der Waals surface area contributed by atoms with E-state index in [2.05, 4.69) is 39.9 Å². The van der Waals surface area contributed by atoms with Crippen molar-refractivity contribution in [1.82, 2.24) is 5.32 Å². The van der Waals surface area contributed by atoms with Gasteiger partial charge in [-0.25, -0.2) is 4.79 Å². The van der Waals surface area contributed by atoms with E-state index in [4.69, 9.17) is 9.47 Å². The Labute approximate surface area is 410 Å². The molecule has 0 aliphatic rings. The van der Waals surface area contributed by atoms with Gasteiger partial charge in [0.15, 0.2) is 0 Å². The van der Waals surface area contributed by atoms with E-state index < -0.39 is 18.1 Å². The lowest BCUT2D eigenvalue weighted by atomic mass is 9.93. The van der Waals surface area contributed by atoms with Crippen molar-refractivity contribution >= 4 is 47.3 Å². The summed E-state index contributed by atoms with van der Waals surface area (Å²) in [6.45, 7) is 11.4. The van der Waals surface area contributed by atoms with Gasteiger partial charge < -0.3 is 19.9 Å². The van der Waals surface area contributed by atoms with Crippen LogP contribution in [0.25, 0.3) is 0 Å². The Kier molecular flexibility index (Phi) is 47.9. The van der Waals surface area contributed by atoms with Crippen molar-refractivity contribution in [3.63, 3.8) is 0 Å². The minimum atomic E-state index is -1.08. The van der Waals surface area contributed by atoms with Crippen molar-refractivity contribution in [3.05, 3.63) is 0 Å². The van der Waals surface area contributed by atoms with Crippen LogP contribution in [0.2, 0.25) is 0 Å². The molecule has 10 heteroatoms. The van der Waals surface area contributed by atoms with Gasteiger partial charge in [0, 0.05) is 30.8 Å². The van der Waals surface area contributed by atoms with Crippen molar-refractivity contribution in [1.29, 1.82) is 0 Å². The first-order valence-electron chi connectivity index (χ1n) is 27.6. The van der Waals surface area contributed by atoms with Crippen LogP contribution in [0.1, 0.15) is 272 Å². The lowest BCUT2D eigenvalue weighted by Crippen LogP contribution is -2.42. The molecule has 3 atom stereocenters. The van der Waals surface area contributed by atoms with Crippen LogP contribution in [0.15, 0.2) is 0 Å². The first kappa shape index (κ1) is 63.6. The summed E-state index contributed by atoms with van der Waals surface area (Å²) in [5.74, 6) is 2.61. The number of unbranched alkanes of at least 4 members (excludes halogenated alkanes) is 29. The first-order valence-corrected chi connectivity index (χ1v) is 29.9. The molecule has 0 fully saturated rings. The predicted octanol–water partition coefficient (Wildman–Crippen LogP) is 16.2. The molecule has 0 bridgehead atoms. The van der Waals surface area contributed by atoms with Crippen LogP contribution in [0.3, 0.4) is 0 Å². The van der Waals surface area contributed by atoms with Gasteiger partial charge in [-0.15, -0.1) is 0 Å². The molecule has 3 unspecified atom stereocenters. The Morgan fingerprint density at radius 1 is 0.508 bits per heavy atom. The van der Waals surface area contributed by atoms with Crippen LogP contribution in [0.5, 0.6) is 0 Å². The number of nitrogens with one attached hydrogen (secondary N) is 1. The van der Waals surface area contributed by atoms with Gasteiger partial charge in [-0.05, 0) is 55.4 Å². The van der Waals surface area contributed by atoms with Crippen molar-refractivity contribution < 1.29 is 33.8 Å². The number of rotatable bonds is 51. The maximum atomic E-state index is 12.9. The van der Waals surface area contributed by atoms with Gasteiger partial charge >= 0.3 is 17.9 Å². The number of carbonyl (C=O) groups is 4. The average Bonchev–Trinajstić information content (AvgIpc) is 3.27. The standard InChI is InChI=1S/C55H105NO7S2/c1-6-8-9-10-11-12-13-14-15-20-25-30-35-40-52(57)56-51(55(60)61)47-65-46-50(45-62-53(58)41-36-31-26-22-18-23-28-33-38-43-64-7-2)63-54(59)42-37-32-27-21-17-16-19-24-29-34-39-49(5)44-48(3)4/h48-51H,6-47H2,1-5H3,(H,56,57)(H,60,61). The fraction of sp³-hybridized carbons (Fsp3) is 0.927. The van der Waals surface area contributed by atoms with E-state index in [0.29, 0.717) is 19.3 Å². The van der Waals surface area contributed by atoms with E-state index >= 15 is 0 Å². The molecule has 2 N–H and O–H groups in total. The number of carboxylic acids is 1. The van der Waals surface area contributed by atoms with Crippen LogP contribution in [-0.2, 0) is 28.7 Å². The lowest BCUT2D eigenvalue weighted by Gasteiger charge is -2.19. The summed E-state index contributed by atoms with van der Waals surface area (Å²) >= 11 is 3.32. The molecule has 384 valence electrons. The van der Waals surface area contributed by atoms with Crippen LogP contribution in [0, 0.1) is 11.8 Å². The molecule has 0 spiro atoms. The topological polar surface area (TPSA) is 119 Å². The summed E-state index contributed by atoms with van der Waals surface area (Å²) in [5.41, 5.74) is 0. The van der Waals surface area contributed by atoms with Crippen LogP contribution < -0.4 is 5.32 Å². The second kappa shape index (κ2) is 49.0. The third kappa shape index (κ3) is 47.4. The number of carboxylic acid groups (broad SMARTS) is 1. The normalized spacial score (nSPS) is 12.9. The highest BCUT2D eigenvalue weighted by Gasteiger charge is 2.23. The first-order chi connectivity index (χ1) is 31.6. The highest BCUT2D eigenvalue weighted by molar-refractivity contribution is 7.99. The van der Waals surface area contributed by atoms with Gasteiger partial charge in [0.05, 0.1) is 0 Å². The summed E-state index contributed by atoms with van der Waals surface area (Å²) in [5, 5.41) is 12.6. The second-order valence-corrected chi connectivity index (χ2v) is 22.2. The zero-order valence-electron chi connectivity index (χ0n) is 43.2. The van der Waals surface area contributed by atoms with Gasteiger partial charge in [-0.3, -0.25) is 14.4 Å². The van der Waals surface area contributed by atoms with Gasteiger partial charge in [0.2, 0.25) is 5.91 Å². The molecule has 0 aromatic heterocycles. The molecular weight excluding hydrogens is 851 g/mol.